The molecule has 20 heavy (non-hydrogen) atoms. The van der Waals surface area contributed by atoms with E-state index in [-0.39, 0.29) is 6.04 Å². The standard InChI is InChI=1S/C13H19BrClN3O2/c1-8(6-17-12(19)20-13(2,3)4)18-10-5-9(14)7-16-11(10)15/h5,7-8,18H,6H2,1-4H3,(H,17,19). The van der Waals surface area contributed by atoms with Gasteiger partial charge >= 0.3 is 6.09 Å². The van der Waals surface area contributed by atoms with Crippen LogP contribution in [0.3, 0.4) is 0 Å². The third-order valence-corrected chi connectivity index (χ3v) is 2.89. The fourth-order valence-electron chi connectivity index (χ4n) is 1.39. The lowest BCUT2D eigenvalue weighted by atomic mass is 10.2. The Bertz CT molecular complexity index is 477. The molecule has 1 heterocycles. The van der Waals surface area contributed by atoms with E-state index in [0.717, 1.165) is 4.47 Å². The van der Waals surface area contributed by atoms with Gasteiger partial charge in [0.25, 0.3) is 0 Å². The van der Waals surface area contributed by atoms with Crippen molar-refractivity contribution >= 4 is 39.3 Å². The topological polar surface area (TPSA) is 63.2 Å². The highest BCUT2D eigenvalue weighted by Gasteiger charge is 2.16. The molecule has 1 amide bonds. The summed E-state index contributed by atoms with van der Waals surface area (Å²) in [6, 6.07) is 1.82. The second-order valence-corrected chi connectivity index (χ2v) is 6.69. The number of nitrogens with one attached hydrogen (secondary N) is 2. The lowest BCUT2D eigenvalue weighted by Crippen LogP contribution is -2.38. The number of halogens is 2. The Kier molecular flexibility index (Phi) is 6.07. The number of amides is 1. The number of pyridine rings is 1. The summed E-state index contributed by atoms with van der Waals surface area (Å²) in [4.78, 5) is 15.5. The third kappa shape index (κ3) is 6.43. The highest BCUT2D eigenvalue weighted by molar-refractivity contribution is 9.10. The molecule has 7 heteroatoms. The smallest absolute Gasteiger partial charge is 0.407 e. The van der Waals surface area contributed by atoms with Crippen molar-refractivity contribution in [3.8, 4) is 0 Å². The fraction of sp³-hybridized carbons (Fsp3) is 0.538. The Morgan fingerprint density at radius 3 is 2.80 bits per heavy atom. The van der Waals surface area contributed by atoms with E-state index in [1.807, 2.05) is 33.8 Å². The number of nitrogens with zero attached hydrogens (tertiary/aromatic N) is 1. The van der Waals surface area contributed by atoms with Crippen molar-refractivity contribution in [1.29, 1.82) is 0 Å². The molecule has 0 aliphatic heterocycles. The lowest BCUT2D eigenvalue weighted by Gasteiger charge is -2.21. The van der Waals surface area contributed by atoms with Crippen molar-refractivity contribution in [2.24, 2.45) is 0 Å². The minimum absolute atomic E-state index is 0.0175. The molecule has 0 saturated heterocycles. The quantitative estimate of drug-likeness (QED) is 0.797. The van der Waals surface area contributed by atoms with Gasteiger partial charge in [-0.3, -0.25) is 0 Å². The molecule has 0 spiro atoms. The average Bonchev–Trinajstić information content (AvgIpc) is 2.29. The van der Waals surface area contributed by atoms with Gasteiger partial charge in [0, 0.05) is 23.3 Å². The second-order valence-electron chi connectivity index (χ2n) is 5.42. The van der Waals surface area contributed by atoms with E-state index in [4.69, 9.17) is 16.3 Å². The fourth-order valence-corrected chi connectivity index (χ4v) is 1.88. The van der Waals surface area contributed by atoms with Gasteiger partial charge in [0.15, 0.2) is 5.15 Å². The molecule has 0 fully saturated rings. The monoisotopic (exact) mass is 363 g/mol. The summed E-state index contributed by atoms with van der Waals surface area (Å²) in [6.45, 7) is 7.80. The van der Waals surface area contributed by atoms with Gasteiger partial charge in [0.05, 0.1) is 5.69 Å². The number of carbonyl (C=O) groups excluding carboxylic acids is 1. The number of anilines is 1. The zero-order valence-electron chi connectivity index (χ0n) is 12.0. The predicted molar refractivity (Wildman–Crippen MR) is 84.3 cm³/mol. The molecule has 0 radical (unpaired) electrons. The van der Waals surface area contributed by atoms with Gasteiger partial charge < -0.3 is 15.4 Å². The average molecular weight is 365 g/mol. The number of aromatic nitrogens is 1. The summed E-state index contributed by atoms with van der Waals surface area (Å²) in [6.07, 6.45) is 1.18. The third-order valence-electron chi connectivity index (χ3n) is 2.16. The zero-order valence-corrected chi connectivity index (χ0v) is 14.3. The highest BCUT2D eigenvalue weighted by atomic mass is 79.9. The van der Waals surface area contributed by atoms with Crippen LogP contribution in [-0.2, 0) is 4.74 Å². The summed E-state index contributed by atoms with van der Waals surface area (Å²) in [5.41, 5.74) is 0.206. The number of carbonyl (C=O) groups is 1. The Morgan fingerprint density at radius 1 is 1.55 bits per heavy atom. The van der Waals surface area contributed by atoms with Gasteiger partial charge in [-0.2, -0.15) is 0 Å². The molecule has 5 nitrogen and oxygen atoms in total. The SMILES string of the molecule is CC(CNC(=O)OC(C)(C)C)Nc1cc(Br)cnc1Cl. The van der Waals surface area contributed by atoms with Crippen LogP contribution in [0.5, 0.6) is 0 Å². The van der Waals surface area contributed by atoms with Crippen LogP contribution >= 0.6 is 27.5 Å². The number of alkyl carbamates (subject to hydrolysis) is 1. The van der Waals surface area contributed by atoms with Crippen molar-refractivity contribution in [2.75, 3.05) is 11.9 Å². The van der Waals surface area contributed by atoms with E-state index < -0.39 is 11.7 Å². The molecule has 1 rings (SSSR count). The Morgan fingerprint density at radius 2 is 2.20 bits per heavy atom. The van der Waals surface area contributed by atoms with E-state index in [2.05, 4.69) is 31.5 Å². The molecule has 0 aliphatic carbocycles. The van der Waals surface area contributed by atoms with Crippen molar-refractivity contribution in [1.82, 2.24) is 10.3 Å². The van der Waals surface area contributed by atoms with Gasteiger partial charge in [0.2, 0.25) is 0 Å². The first kappa shape index (κ1) is 17.0. The number of hydrogen-bond acceptors (Lipinski definition) is 4. The van der Waals surface area contributed by atoms with Crippen molar-refractivity contribution in [2.45, 2.75) is 39.3 Å². The Labute approximate surface area is 132 Å². The van der Waals surface area contributed by atoms with Crippen LogP contribution in [0.4, 0.5) is 10.5 Å². The van der Waals surface area contributed by atoms with E-state index in [1.165, 1.54) is 0 Å². The van der Waals surface area contributed by atoms with Crippen LogP contribution < -0.4 is 10.6 Å². The summed E-state index contributed by atoms with van der Waals surface area (Å²) < 4.78 is 5.99. The van der Waals surface area contributed by atoms with Crippen molar-refractivity contribution in [3.63, 3.8) is 0 Å². The summed E-state index contributed by atoms with van der Waals surface area (Å²) in [5, 5.41) is 6.26. The number of hydrogen-bond donors (Lipinski definition) is 2. The first-order valence-corrected chi connectivity index (χ1v) is 7.39. The van der Waals surface area contributed by atoms with E-state index >= 15 is 0 Å². The maximum absolute atomic E-state index is 11.5. The molecular weight excluding hydrogens is 346 g/mol. The maximum atomic E-state index is 11.5. The molecule has 2 N–H and O–H groups in total. The molecule has 0 bridgehead atoms. The predicted octanol–water partition coefficient (Wildman–Crippen LogP) is 3.82. The van der Waals surface area contributed by atoms with Crippen LogP contribution in [0, 0.1) is 0 Å². The van der Waals surface area contributed by atoms with Crippen LogP contribution in [0.15, 0.2) is 16.7 Å². The minimum atomic E-state index is -0.502. The van der Waals surface area contributed by atoms with Gasteiger partial charge in [-0.15, -0.1) is 0 Å². The largest absolute Gasteiger partial charge is 0.444 e. The molecule has 0 aromatic carbocycles. The highest BCUT2D eigenvalue weighted by Crippen LogP contribution is 2.23. The van der Waals surface area contributed by atoms with E-state index in [0.29, 0.717) is 17.4 Å². The second kappa shape index (κ2) is 7.13. The van der Waals surface area contributed by atoms with Crippen molar-refractivity contribution in [3.05, 3.63) is 21.9 Å². The number of ether oxygens (including phenoxy) is 1. The normalized spacial score (nSPS) is 12.7. The summed E-state index contributed by atoms with van der Waals surface area (Å²) in [7, 11) is 0. The van der Waals surface area contributed by atoms with Crippen molar-refractivity contribution < 1.29 is 9.53 Å². The first-order valence-electron chi connectivity index (χ1n) is 6.22. The van der Waals surface area contributed by atoms with Crippen LogP contribution in [-0.4, -0.2) is 29.3 Å². The maximum Gasteiger partial charge on any atom is 0.407 e. The summed E-state index contributed by atoms with van der Waals surface area (Å²) in [5.74, 6) is 0. The Balaban J connectivity index is 2.46. The lowest BCUT2D eigenvalue weighted by molar-refractivity contribution is 0.0526. The van der Waals surface area contributed by atoms with Gasteiger partial charge in [-0.25, -0.2) is 9.78 Å². The first-order chi connectivity index (χ1) is 9.17. The molecule has 1 aromatic heterocycles. The molecule has 1 unspecified atom stereocenters. The van der Waals surface area contributed by atoms with E-state index in [1.54, 1.807) is 6.20 Å². The molecule has 112 valence electrons. The van der Waals surface area contributed by atoms with Gasteiger partial charge in [0.1, 0.15) is 5.60 Å². The molecule has 0 saturated carbocycles. The zero-order chi connectivity index (χ0) is 15.3. The number of rotatable bonds is 4. The molecule has 1 aromatic rings. The van der Waals surface area contributed by atoms with Crippen LogP contribution in [0.2, 0.25) is 5.15 Å². The minimum Gasteiger partial charge on any atom is -0.444 e. The molecule has 0 aliphatic rings. The van der Waals surface area contributed by atoms with Crippen LogP contribution in [0.1, 0.15) is 27.7 Å². The van der Waals surface area contributed by atoms with Crippen LogP contribution in [0.25, 0.3) is 0 Å². The molecular formula is C13H19BrClN3O2. The van der Waals surface area contributed by atoms with Gasteiger partial charge in [-0.1, -0.05) is 11.6 Å². The van der Waals surface area contributed by atoms with Gasteiger partial charge in [-0.05, 0) is 49.7 Å². The van der Waals surface area contributed by atoms with E-state index in [9.17, 15) is 4.79 Å². The molecule has 1 atom stereocenters. The summed E-state index contributed by atoms with van der Waals surface area (Å²) >= 11 is 9.31. The Hall–Kier alpha value is -1.01.